The third kappa shape index (κ3) is 6.49. The van der Waals surface area contributed by atoms with Crippen LogP contribution in [0.15, 0.2) is 18.2 Å². The summed E-state index contributed by atoms with van der Waals surface area (Å²) in [6.45, 7) is 3.87. The van der Waals surface area contributed by atoms with Crippen molar-refractivity contribution in [2.75, 3.05) is 34.0 Å². The van der Waals surface area contributed by atoms with Crippen LogP contribution in [0, 0.1) is 0 Å². The number of ether oxygens (including phenoxy) is 4. The van der Waals surface area contributed by atoms with Crippen LogP contribution in [0.2, 0.25) is 0 Å². The maximum absolute atomic E-state index is 11.7. The zero-order valence-corrected chi connectivity index (χ0v) is 13.0. The molecule has 0 unspecified atom stereocenters. The highest BCUT2D eigenvalue weighted by Crippen LogP contribution is 2.24. The van der Waals surface area contributed by atoms with Crippen LogP contribution in [-0.4, -0.2) is 40.0 Å². The van der Waals surface area contributed by atoms with Gasteiger partial charge in [0.05, 0.1) is 25.9 Å². The molecule has 0 saturated heterocycles. The van der Waals surface area contributed by atoms with Crippen LogP contribution in [0.1, 0.15) is 36.5 Å². The molecule has 5 nitrogen and oxygen atoms in total. The zero-order valence-electron chi connectivity index (χ0n) is 13.0. The Balaban J connectivity index is 2.74. The molecule has 0 aliphatic carbocycles. The van der Waals surface area contributed by atoms with E-state index in [1.165, 1.54) is 7.11 Å². The third-order valence-electron chi connectivity index (χ3n) is 2.83. The van der Waals surface area contributed by atoms with Crippen molar-refractivity contribution in [2.24, 2.45) is 0 Å². The van der Waals surface area contributed by atoms with Crippen molar-refractivity contribution in [3.8, 4) is 11.5 Å². The van der Waals surface area contributed by atoms with Gasteiger partial charge in [0.15, 0.2) is 0 Å². The summed E-state index contributed by atoms with van der Waals surface area (Å²) >= 11 is 0. The number of hydrogen-bond acceptors (Lipinski definition) is 5. The Hall–Kier alpha value is -1.75. The Morgan fingerprint density at radius 3 is 2.10 bits per heavy atom. The molecule has 0 heterocycles. The molecule has 21 heavy (non-hydrogen) atoms. The van der Waals surface area contributed by atoms with E-state index < -0.39 is 5.97 Å². The molecule has 118 valence electrons. The minimum absolute atomic E-state index is 0.405. The molecule has 0 radical (unpaired) electrons. The number of esters is 1. The second kappa shape index (κ2) is 10.0. The highest BCUT2D eigenvalue weighted by atomic mass is 16.5. The largest absolute Gasteiger partial charge is 0.493 e. The van der Waals surface area contributed by atoms with Gasteiger partial charge in [0.1, 0.15) is 11.5 Å². The number of methoxy groups -OCH3 is 2. The van der Waals surface area contributed by atoms with Gasteiger partial charge in [0.25, 0.3) is 0 Å². The van der Waals surface area contributed by atoms with Gasteiger partial charge < -0.3 is 18.9 Å². The summed E-state index contributed by atoms with van der Waals surface area (Å²) in [5.74, 6) is 0.811. The predicted molar refractivity (Wildman–Crippen MR) is 80.2 cm³/mol. The second-order valence-corrected chi connectivity index (χ2v) is 4.58. The van der Waals surface area contributed by atoms with Gasteiger partial charge in [0, 0.05) is 26.2 Å². The van der Waals surface area contributed by atoms with E-state index in [0.717, 1.165) is 19.3 Å². The van der Waals surface area contributed by atoms with Crippen LogP contribution >= 0.6 is 0 Å². The van der Waals surface area contributed by atoms with Gasteiger partial charge in [-0.2, -0.15) is 0 Å². The van der Waals surface area contributed by atoms with E-state index in [2.05, 4.69) is 6.92 Å². The SMILES string of the molecule is CCCCOc1cc(OCCCOC)cc(C(=O)OC)c1. The van der Waals surface area contributed by atoms with E-state index in [1.54, 1.807) is 25.3 Å². The van der Waals surface area contributed by atoms with Crippen molar-refractivity contribution in [3.05, 3.63) is 23.8 Å². The number of rotatable bonds is 10. The van der Waals surface area contributed by atoms with E-state index >= 15 is 0 Å². The Morgan fingerprint density at radius 2 is 1.57 bits per heavy atom. The second-order valence-electron chi connectivity index (χ2n) is 4.58. The van der Waals surface area contributed by atoms with Crippen LogP contribution in [0.3, 0.4) is 0 Å². The number of hydrogen-bond donors (Lipinski definition) is 0. The Kier molecular flexibility index (Phi) is 8.28. The Morgan fingerprint density at radius 1 is 0.952 bits per heavy atom. The highest BCUT2D eigenvalue weighted by molar-refractivity contribution is 5.90. The first-order valence-corrected chi connectivity index (χ1v) is 7.19. The molecule has 0 atom stereocenters. The summed E-state index contributed by atoms with van der Waals surface area (Å²) in [6, 6.07) is 5.11. The summed E-state index contributed by atoms with van der Waals surface area (Å²) in [5, 5.41) is 0. The topological polar surface area (TPSA) is 54.0 Å². The normalized spacial score (nSPS) is 10.2. The van der Waals surface area contributed by atoms with Crippen molar-refractivity contribution < 1.29 is 23.7 Å². The fourth-order valence-corrected chi connectivity index (χ4v) is 1.70. The first-order chi connectivity index (χ1) is 10.2. The fourth-order valence-electron chi connectivity index (χ4n) is 1.70. The molecule has 1 aromatic carbocycles. The minimum atomic E-state index is -0.405. The lowest BCUT2D eigenvalue weighted by atomic mass is 10.2. The molecule has 0 fully saturated rings. The van der Waals surface area contributed by atoms with Crippen molar-refractivity contribution in [3.63, 3.8) is 0 Å². The molecule has 5 heteroatoms. The highest BCUT2D eigenvalue weighted by Gasteiger charge is 2.10. The smallest absolute Gasteiger partial charge is 0.338 e. The minimum Gasteiger partial charge on any atom is -0.493 e. The van der Waals surface area contributed by atoms with Gasteiger partial charge in [-0.1, -0.05) is 13.3 Å². The molecular formula is C16H24O5. The summed E-state index contributed by atoms with van der Waals surface area (Å²) in [4.78, 5) is 11.7. The number of carbonyl (C=O) groups excluding carboxylic acids is 1. The molecule has 1 rings (SSSR count). The van der Waals surface area contributed by atoms with Crippen LogP contribution in [0.4, 0.5) is 0 Å². The van der Waals surface area contributed by atoms with Gasteiger partial charge in [-0.05, 0) is 18.6 Å². The van der Waals surface area contributed by atoms with E-state index in [-0.39, 0.29) is 0 Å². The summed E-state index contributed by atoms with van der Waals surface area (Å²) in [7, 11) is 3.00. The molecule has 0 aliphatic rings. The lowest BCUT2D eigenvalue weighted by molar-refractivity contribution is 0.0599. The summed E-state index contributed by atoms with van der Waals surface area (Å²) in [6.07, 6.45) is 2.80. The van der Waals surface area contributed by atoms with Crippen LogP contribution < -0.4 is 9.47 Å². The average Bonchev–Trinajstić information content (AvgIpc) is 2.51. The predicted octanol–water partition coefficient (Wildman–Crippen LogP) is 3.07. The summed E-state index contributed by atoms with van der Waals surface area (Å²) in [5.41, 5.74) is 0.424. The third-order valence-corrected chi connectivity index (χ3v) is 2.83. The van der Waals surface area contributed by atoms with Crippen molar-refractivity contribution in [1.82, 2.24) is 0 Å². The maximum atomic E-state index is 11.7. The van der Waals surface area contributed by atoms with E-state index in [1.807, 2.05) is 0 Å². The van der Waals surface area contributed by atoms with Gasteiger partial charge in [-0.3, -0.25) is 0 Å². The number of unbranched alkanes of at least 4 members (excludes halogenated alkanes) is 1. The van der Waals surface area contributed by atoms with Crippen LogP contribution in [0.25, 0.3) is 0 Å². The lowest BCUT2D eigenvalue weighted by Crippen LogP contribution is -2.06. The van der Waals surface area contributed by atoms with Crippen molar-refractivity contribution in [1.29, 1.82) is 0 Å². The van der Waals surface area contributed by atoms with Crippen LogP contribution in [-0.2, 0) is 9.47 Å². The molecule has 0 saturated carbocycles. The lowest BCUT2D eigenvalue weighted by Gasteiger charge is -2.11. The monoisotopic (exact) mass is 296 g/mol. The van der Waals surface area contributed by atoms with Crippen molar-refractivity contribution in [2.45, 2.75) is 26.2 Å². The van der Waals surface area contributed by atoms with Gasteiger partial charge >= 0.3 is 5.97 Å². The molecule has 0 N–H and O–H groups in total. The van der Waals surface area contributed by atoms with Gasteiger partial charge in [-0.15, -0.1) is 0 Å². The molecule has 1 aromatic rings. The molecule has 0 aromatic heterocycles. The number of carbonyl (C=O) groups is 1. The van der Waals surface area contributed by atoms with E-state index in [4.69, 9.17) is 18.9 Å². The van der Waals surface area contributed by atoms with Gasteiger partial charge in [-0.25, -0.2) is 4.79 Å². The zero-order chi connectivity index (χ0) is 15.5. The molecule has 0 bridgehead atoms. The molecular weight excluding hydrogens is 272 g/mol. The molecule has 0 aliphatic heterocycles. The first kappa shape index (κ1) is 17.3. The molecule has 0 spiro atoms. The standard InChI is InChI=1S/C16H24O5/c1-4-5-8-20-14-10-13(16(17)19-3)11-15(12-14)21-9-6-7-18-2/h10-12H,4-9H2,1-3H3. The Labute approximate surface area is 126 Å². The summed E-state index contributed by atoms with van der Waals surface area (Å²) < 4.78 is 21.0. The number of benzene rings is 1. The van der Waals surface area contributed by atoms with E-state index in [9.17, 15) is 4.79 Å². The van der Waals surface area contributed by atoms with Crippen molar-refractivity contribution >= 4 is 5.97 Å². The quantitative estimate of drug-likeness (QED) is 0.490. The van der Waals surface area contributed by atoms with Gasteiger partial charge in [0.2, 0.25) is 0 Å². The fraction of sp³-hybridized carbons (Fsp3) is 0.562. The molecule has 0 amide bonds. The first-order valence-electron chi connectivity index (χ1n) is 7.19. The Bertz CT molecular complexity index is 431. The maximum Gasteiger partial charge on any atom is 0.338 e. The van der Waals surface area contributed by atoms with Crippen LogP contribution in [0.5, 0.6) is 11.5 Å². The van der Waals surface area contributed by atoms with E-state index in [0.29, 0.717) is 36.9 Å². The average molecular weight is 296 g/mol.